The van der Waals surface area contributed by atoms with E-state index in [1.165, 1.54) is 6.20 Å². The summed E-state index contributed by atoms with van der Waals surface area (Å²) in [5.41, 5.74) is 6.10. The lowest BCUT2D eigenvalue weighted by molar-refractivity contribution is -0.121. The smallest absolute Gasteiger partial charge is 0.227 e. The zero-order chi connectivity index (χ0) is 12.2. The van der Waals surface area contributed by atoms with Crippen LogP contribution in [0.2, 0.25) is 0 Å². The summed E-state index contributed by atoms with van der Waals surface area (Å²) in [6, 6.07) is 3.43. The molecule has 1 heterocycles. The van der Waals surface area contributed by atoms with Gasteiger partial charge in [0.15, 0.2) is 0 Å². The summed E-state index contributed by atoms with van der Waals surface area (Å²) in [6.45, 7) is 3.53. The maximum atomic E-state index is 11.6. The van der Waals surface area contributed by atoms with Crippen molar-refractivity contribution in [1.82, 2.24) is 10.3 Å². The molecule has 0 aromatic carbocycles. The molecule has 4 heteroatoms. The number of carbonyl (C=O) groups excluding carboxylic acids is 1. The topological polar surface area (TPSA) is 68.0 Å². The van der Waals surface area contributed by atoms with Crippen LogP contribution in [-0.2, 0) is 11.2 Å². The summed E-state index contributed by atoms with van der Waals surface area (Å²) in [4.78, 5) is 15.6. The fourth-order valence-corrected chi connectivity index (χ4v) is 1.13. The highest BCUT2D eigenvalue weighted by Crippen LogP contribution is 2.04. The standard InChI is InChI=1S/C12H15N3O/c1-4-12(2,3)15-11(16)7-10-6-5-9(13)8-14-10/h1,5-6,8H,7,13H2,2-3H3,(H,15,16). The number of amides is 1. The Hall–Kier alpha value is -2.02. The number of terminal acetylenes is 1. The lowest BCUT2D eigenvalue weighted by Gasteiger charge is -2.19. The van der Waals surface area contributed by atoms with E-state index in [9.17, 15) is 4.79 Å². The molecule has 16 heavy (non-hydrogen) atoms. The van der Waals surface area contributed by atoms with Crippen molar-refractivity contribution in [2.45, 2.75) is 25.8 Å². The number of pyridine rings is 1. The van der Waals surface area contributed by atoms with E-state index in [0.717, 1.165) is 0 Å². The molecular formula is C12H15N3O. The molecule has 1 rings (SSSR count). The molecule has 0 aliphatic rings. The summed E-state index contributed by atoms with van der Waals surface area (Å²) in [6.07, 6.45) is 6.99. The Labute approximate surface area is 95.3 Å². The van der Waals surface area contributed by atoms with Gasteiger partial charge in [0.25, 0.3) is 0 Å². The molecule has 0 spiro atoms. The lowest BCUT2D eigenvalue weighted by Crippen LogP contribution is -2.42. The molecule has 0 aliphatic heterocycles. The third kappa shape index (κ3) is 3.62. The van der Waals surface area contributed by atoms with Gasteiger partial charge in [-0.25, -0.2) is 0 Å². The third-order valence-electron chi connectivity index (χ3n) is 2.00. The van der Waals surface area contributed by atoms with Crippen LogP contribution >= 0.6 is 0 Å². The Kier molecular flexibility index (Phi) is 3.51. The molecule has 0 bridgehead atoms. The number of anilines is 1. The predicted octanol–water partition coefficient (Wildman–Crippen LogP) is 0.734. The quantitative estimate of drug-likeness (QED) is 0.733. The van der Waals surface area contributed by atoms with E-state index in [2.05, 4.69) is 16.2 Å². The minimum atomic E-state index is -0.634. The molecule has 84 valence electrons. The van der Waals surface area contributed by atoms with E-state index < -0.39 is 5.54 Å². The average Bonchev–Trinajstić information content (AvgIpc) is 2.21. The van der Waals surface area contributed by atoms with E-state index >= 15 is 0 Å². The van der Waals surface area contributed by atoms with Gasteiger partial charge in [-0.05, 0) is 26.0 Å². The molecule has 0 radical (unpaired) electrons. The number of nitrogens with one attached hydrogen (secondary N) is 1. The highest BCUT2D eigenvalue weighted by atomic mass is 16.1. The summed E-state index contributed by atoms with van der Waals surface area (Å²) < 4.78 is 0. The second-order valence-electron chi connectivity index (χ2n) is 4.08. The summed E-state index contributed by atoms with van der Waals surface area (Å²) in [7, 11) is 0. The van der Waals surface area contributed by atoms with Crippen LogP contribution in [0.15, 0.2) is 18.3 Å². The van der Waals surface area contributed by atoms with Gasteiger partial charge >= 0.3 is 0 Å². The Morgan fingerprint density at radius 3 is 2.81 bits per heavy atom. The van der Waals surface area contributed by atoms with Crippen molar-refractivity contribution >= 4 is 11.6 Å². The number of rotatable bonds is 3. The van der Waals surface area contributed by atoms with Crippen molar-refractivity contribution in [1.29, 1.82) is 0 Å². The van der Waals surface area contributed by atoms with E-state index in [-0.39, 0.29) is 12.3 Å². The molecule has 0 saturated heterocycles. The van der Waals surface area contributed by atoms with Gasteiger partial charge in [-0.3, -0.25) is 9.78 Å². The largest absolute Gasteiger partial charge is 0.397 e. The molecule has 4 nitrogen and oxygen atoms in total. The van der Waals surface area contributed by atoms with Crippen LogP contribution in [0, 0.1) is 12.3 Å². The second kappa shape index (κ2) is 4.67. The maximum Gasteiger partial charge on any atom is 0.227 e. The van der Waals surface area contributed by atoms with Crippen LogP contribution in [0.25, 0.3) is 0 Å². The van der Waals surface area contributed by atoms with Crippen molar-refractivity contribution < 1.29 is 4.79 Å². The number of nitrogen functional groups attached to an aromatic ring is 1. The van der Waals surface area contributed by atoms with E-state index in [0.29, 0.717) is 11.4 Å². The number of carbonyl (C=O) groups is 1. The van der Waals surface area contributed by atoms with Crippen LogP contribution in [0.5, 0.6) is 0 Å². The van der Waals surface area contributed by atoms with Crippen molar-refractivity contribution in [2.24, 2.45) is 0 Å². The van der Waals surface area contributed by atoms with Crippen molar-refractivity contribution in [3.63, 3.8) is 0 Å². The lowest BCUT2D eigenvalue weighted by atomic mass is 10.1. The number of nitrogens with two attached hydrogens (primary N) is 1. The minimum absolute atomic E-state index is 0.153. The Balaban J connectivity index is 2.59. The van der Waals surface area contributed by atoms with Crippen LogP contribution in [0.1, 0.15) is 19.5 Å². The summed E-state index contributed by atoms with van der Waals surface area (Å²) in [5.74, 6) is 2.34. The summed E-state index contributed by atoms with van der Waals surface area (Å²) >= 11 is 0. The molecule has 0 unspecified atom stereocenters. The first-order valence-corrected chi connectivity index (χ1v) is 4.92. The first-order valence-electron chi connectivity index (χ1n) is 4.92. The van der Waals surface area contributed by atoms with Gasteiger partial charge < -0.3 is 11.1 Å². The van der Waals surface area contributed by atoms with E-state index in [4.69, 9.17) is 12.2 Å². The molecule has 1 aromatic heterocycles. The molecule has 3 N–H and O–H groups in total. The molecule has 0 aliphatic carbocycles. The number of hydrogen-bond donors (Lipinski definition) is 2. The molecule has 1 amide bonds. The molecule has 0 fully saturated rings. The van der Waals surface area contributed by atoms with Gasteiger partial charge in [-0.15, -0.1) is 6.42 Å². The highest BCUT2D eigenvalue weighted by Gasteiger charge is 2.17. The maximum absolute atomic E-state index is 11.6. The van der Waals surface area contributed by atoms with Gasteiger partial charge in [-0.1, -0.05) is 5.92 Å². The van der Waals surface area contributed by atoms with Gasteiger partial charge in [0, 0.05) is 5.69 Å². The fourth-order valence-electron chi connectivity index (χ4n) is 1.13. The van der Waals surface area contributed by atoms with E-state index in [1.807, 2.05) is 0 Å². The predicted molar refractivity (Wildman–Crippen MR) is 63.4 cm³/mol. The molecule has 0 saturated carbocycles. The second-order valence-corrected chi connectivity index (χ2v) is 4.08. The number of hydrogen-bond acceptors (Lipinski definition) is 3. The molecular weight excluding hydrogens is 202 g/mol. The first-order chi connectivity index (χ1) is 7.43. The van der Waals surface area contributed by atoms with Crippen LogP contribution in [0.3, 0.4) is 0 Å². The van der Waals surface area contributed by atoms with Gasteiger partial charge in [0.1, 0.15) is 0 Å². The zero-order valence-corrected chi connectivity index (χ0v) is 9.45. The van der Waals surface area contributed by atoms with Crippen LogP contribution < -0.4 is 11.1 Å². The molecule has 0 atom stereocenters. The first kappa shape index (κ1) is 12.1. The number of aromatic nitrogens is 1. The van der Waals surface area contributed by atoms with E-state index in [1.54, 1.807) is 26.0 Å². The Bertz CT molecular complexity index is 415. The highest BCUT2D eigenvalue weighted by molar-refractivity contribution is 5.79. The van der Waals surface area contributed by atoms with Crippen molar-refractivity contribution in [3.05, 3.63) is 24.0 Å². The monoisotopic (exact) mass is 217 g/mol. The van der Waals surface area contributed by atoms with Gasteiger partial charge in [0.2, 0.25) is 5.91 Å². The minimum Gasteiger partial charge on any atom is -0.397 e. The van der Waals surface area contributed by atoms with Crippen molar-refractivity contribution in [3.8, 4) is 12.3 Å². The van der Waals surface area contributed by atoms with Crippen LogP contribution in [-0.4, -0.2) is 16.4 Å². The number of nitrogens with zero attached hydrogens (tertiary/aromatic N) is 1. The SMILES string of the molecule is C#CC(C)(C)NC(=O)Cc1ccc(N)cn1. The third-order valence-corrected chi connectivity index (χ3v) is 2.00. The van der Waals surface area contributed by atoms with Crippen LogP contribution in [0.4, 0.5) is 5.69 Å². The van der Waals surface area contributed by atoms with Crippen molar-refractivity contribution in [2.75, 3.05) is 5.73 Å². The average molecular weight is 217 g/mol. The fraction of sp³-hybridized carbons (Fsp3) is 0.333. The zero-order valence-electron chi connectivity index (χ0n) is 9.45. The van der Waals surface area contributed by atoms with Gasteiger partial charge in [0.05, 0.1) is 23.8 Å². The molecule has 1 aromatic rings. The Morgan fingerprint density at radius 2 is 2.31 bits per heavy atom. The summed E-state index contributed by atoms with van der Waals surface area (Å²) in [5, 5.41) is 2.72. The van der Waals surface area contributed by atoms with Gasteiger partial charge in [-0.2, -0.15) is 0 Å². The Morgan fingerprint density at radius 1 is 1.62 bits per heavy atom. The normalized spacial score (nSPS) is 10.6.